The summed E-state index contributed by atoms with van der Waals surface area (Å²) in [7, 11) is 0. The van der Waals surface area contributed by atoms with Crippen LogP contribution < -0.4 is 5.32 Å². The topological polar surface area (TPSA) is 24.5 Å². The van der Waals surface area contributed by atoms with Crippen LogP contribution in [0.2, 0.25) is 0 Å². The van der Waals surface area contributed by atoms with Crippen LogP contribution in [-0.2, 0) is 4.74 Å². The van der Waals surface area contributed by atoms with Gasteiger partial charge in [-0.1, -0.05) is 19.3 Å². The molecule has 20 heavy (non-hydrogen) atoms. The molecule has 3 aliphatic rings. The van der Waals surface area contributed by atoms with Crippen LogP contribution in [0.3, 0.4) is 0 Å². The Kier molecular flexibility index (Phi) is 5.00. The predicted molar refractivity (Wildman–Crippen MR) is 83.0 cm³/mol. The van der Waals surface area contributed by atoms with E-state index < -0.39 is 0 Å². The second-order valence-electron chi connectivity index (χ2n) is 7.03. The number of ether oxygens (including phenoxy) is 1. The summed E-state index contributed by atoms with van der Waals surface area (Å²) in [6.07, 6.45) is 11.6. The zero-order valence-corrected chi connectivity index (χ0v) is 13.2. The smallest absolute Gasteiger partial charge is 0.0661 e. The van der Waals surface area contributed by atoms with Gasteiger partial charge < -0.3 is 15.0 Å². The Morgan fingerprint density at radius 3 is 2.55 bits per heavy atom. The summed E-state index contributed by atoms with van der Waals surface area (Å²) in [5, 5.41) is 3.87. The first-order valence-corrected chi connectivity index (χ1v) is 8.92. The normalized spacial score (nSPS) is 33.5. The highest BCUT2D eigenvalue weighted by atomic mass is 16.5. The third-order valence-corrected chi connectivity index (χ3v) is 5.95. The summed E-state index contributed by atoms with van der Waals surface area (Å²) >= 11 is 0. The van der Waals surface area contributed by atoms with Crippen molar-refractivity contribution in [3.8, 4) is 0 Å². The molecule has 0 aromatic heterocycles. The quantitative estimate of drug-likeness (QED) is 0.810. The number of rotatable bonds is 6. The van der Waals surface area contributed by atoms with E-state index in [1.54, 1.807) is 0 Å². The minimum absolute atomic E-state index is 0.498. The van der Waals surface area contributed by atoms with Crippen LogP contribution in [0.5, 0.6) is 0 Å². The second kappa shape index (κ2) is 6.76. The van der Waals surface area contributed by atoms with Crippen molar-refractivity contribution >= 4 is 0 Å². The molecule has 1 heterocycles. The molecule has 3 heteroatoms. The molecule has 2 saturated carbocycles. The number of hydrogen-bond donors (Lipinski definition) is 1. The van der Waals surface area contributed by atoms with E-state index in [9.17, 15) is 0 Å². The molecule has 3 rings (SSSR count). The minimum Gasteiger partial charge on any atom is -0.378 e. The number of nitrogens with one attached hydrogen (secondary N) is 1. The van der Waals surface area contributed by atoms with Crippen molar-refractivity contribution in [2.75, 3.05) is 32.8 Å². The largest absolute Gasteiger partial charge is 0.378 e. The molecule has 2 unspecified atom stereocenters. The van der Waals surface area contributed by atoms with Gasteiger partial charge >= 0.3 is 0 Å². The van der Waals surface area contributed by atoms with Crippen molar-refractivity contribution < 1.29 is 4.74 Å². The van der Waals surface area contributed by atoms with Crippen LogP contribution in [0.15, 0.2) is 0 Å². The Hall–Kier alpha value is -0.120. The number of hydrogen-bond acceptors (Lipinski definition) is 3. The standard InChI is InChI=1S/C17H32N2O/c1-2-20-16-14-15(17(16)8-4-5-9-17)18-10-13-19-11-6-3-7-12-19/h15-16,18H,2-14H2,1H3. The molecule has 3 nitrogen and oxygen atoms in total. The summed E-state index contributed by atoms with van der Waals surface area (Å²) in [5.41, 5.74) is 0.498. The molecule has 1 N–H and O–H groups in total. The lowest BCUT2D eigenvalue weighted by Crippen LogP contribution is -2.63. The zero-order chi connectivity index (χ0) is 13.8. The van der Waals surface area contributed by atoms with Crippen molar-refractivity contribution in [2.24, 2.45) is 5.41 Å². The Morgan fingerprint density at radius 2 is 1.85 bits per heavy atom. The Balaban J connectivity index is 1.43. The zero-order valence-electron chi connectivity index (χ0n) is 13.2. The van der Waals surface area contributed by atoms with Crippen molar-refractivity contribution in [2.45, 2.75) is 70.4 Å². The number of likely N-dealkylation sites (tertiary alicyclic amines) is 1. The van der Waals surface area contributed by atoms with Crippen LogP contribution in [0.25, 0.3) is 0 Å². The maximum absolute atomic E-state index is 5.99. The van der Waals surface area contributed by atoms with Crippen LogP contribution in [0.4, 0.5) is 0 Å². The van der Waals surface area contributed by atoms with Gasteiger partial charge in [0.2, 0.25) is 0 Å². The molecule has 1 spiro atoms. The Morgan fingerprint density at radius 1 is 1.10 bits per heavy atom. The maximum Gasteiger partial charge on any atom is 0.0661 e. The fourth-order valence-corrected chi connectivity index (χ4v) is 4.75. The lowest BCUT2D eigenvalue weighted by molar-refractivity contribution is -0.130. The van der Waals surface area contributed by atoms with Gasteiger partial charge in [0.25, 0.3) is 0 Å². The van der Waals surface area contributed by atoms with E-state index in [0.29, 0.717) is 11.5 Å². The van der Waals surface area contributed by atoms with Gasteiger partial charge in [0, 0.05) is 31.2 Å². The third kappa shape index (κ3) is 2.90. The molecule has 1 saturated heterocycles. The summed E-state index contributed by atoms with van der Waals surface area (Å²) in [6.45, 7) is 8.07. The first-order valence-electron chi connectivity index (χ1n) is 8.92. The average molecular weight is 280 g/mol. The Bertz CT molecular complexity index is 295. The van der Waals surface area contributed by atoms with Crippen LogP contribution >= 0.6 is 0 Å². The third-order valence-electron chi connectivity index (χ3n) is 5.95. The summed E-state index contributed by atoms with van der Waals surface area (Å²) < 4.78 is 5.99. The van der Waals surface area contributed by atoms with Gasteiger partial charge in [0.05, 0.1) is 6.10 Å². The monoisotopic (exact) mass is 280 g/mol. The van der Waals surface area contributed by atoms with E-state index in [2.05, 4.69) is 17.1 Å². The first-order chi connectivity index (χ1) is 9.85. The molecule has 1 aliphatic heterocycles. The lowest BCUT2D eigenvalue weighted by Gasteiger charge is -2.54. The molecule has 2 atom stereocenters. The highest BCUT2D eigenvalue weighted by Crippen LogP contribution is 2.54. The summed E-state index contributed by atoms with van der Waals surface area (Å²) in [4.78, 5) is 2.64. The molecule has 116 valence electrons. The molecule has 2 aliphatic carbocycles. The van der Waals surface area contributed by atoms with Crippen LogP contribution in [0.1, 0.15) is 58.3 Å². The van der Waals surface area contributed by atoms with Gasteiger partial charge in [-0.05, 0) is 52.1 Å². The Labute approximate surface area is 124 Å². The molecular formula is C17H32N2O. The number of nitrogens with zero attached hydrogens (tertiary/aromatic N) is 1. The summed E-state index contributed by atoms with van der Waals surface area (Å²) in [6, 6.07) is 0.728. The van der Waals surface area contributed by atoms with Crippen LogP contribution in [0, 0.1) is 5.41 Å². The molecule has 0 aromatic carbocycles. The van der Waals surface area contributed by atoms with Crippen molar-refractivity contribution in [3.05, 3.63) is 0 Å². The predicted octanol–water partition coefficient (Wildman–Crippen LogP) is 2.80. The van der Waals surface area contributed by atoms with Crippen LogP contribution in [-0.4, -0.2) is 49.8 Å². The first kappa shape index (κ1) is 14.8. The summed E-state index contributed by atoms with van der Waals surface area (Å²) in [5.74, 6) is 0. The van der Waals surface area contributed by atoms with Gasteiger partial charge in [-0.3, -0.25) is 0 Å². The molecule has 0 radical (unpaired) electrons. The van der Waals surface area contributed by atoms with Gasteiger partial charge in [0.1, 0.15) is 0 Å². The molecule has 0 amide bonds. The lowest BCUT2D eigenvalue weighted by atomic mass is 9.60. The van der Waals surface area contributed by atoms with Crippen molar-refractivity contribution in [1.29, 1.82) is 0 Å². The highest BCUT2D eigenvalue weighted by Gasteiger charge is 2.56. The van der Waals surface area contributed by atoms with Crippen molar-refractivity contribution in [3.63, 3.8) is 0 Å². The van der Waals surface area contributed by atoms with Gasteiger partial charge in [-0.15, -0.1) is 0 Å². The van der Waals surface area contributed by atoms with E-state index >= 15 is 0 Å². The minimum atomic E-state index is 0.498. The molecule has 0 aromatic rings. The second-order valence-corrected chi connectivity index (χ2v) is 7.03. The van der Waals surface area contributed by atoms with E-state index in [1.165, 1.54) is 77.5 Å². The fourth-order valence-electron chi connectivity index (χ4n) is 4.75. The SMILES string of the molecule is CCOC1CC(NCCN2CCCCC2)C12CCCC2. The van der Waals surface area contributed by atoms with E-state index in [0.717, 1.165) is 12.6 Å². The maximum atomic E-state index is 5.99. The molecular weight excluding hydrogens is 248 g/mol. The van der Waals surface area contributed by atoms with Gasteiger partial charge in [0.15, 0.2) is 0 Å². The molecule has 3 fully saturated rings. The van der Waals surface area contributed by atoms with Gasteiger partial charge in [-0.2, -0.15) is 0 Å². The van der Waals surface area contributed by atoms with E-state index in [4.69, 9.17) is 4.74 Å². The highest BCUT2D eigenvalue weighted by molar-refractivity contribution is 5.09. The van der Waals surface area contributed by atoms with Gasteiger partial charge in [-0.25, -0.2) is 0 Å². The average Bonchev–Trinajstić information content (AvgIpc) is 2.99. The van der Waals surface area contributed by atoms with Crippen molar-refractivity contribution in [1.82, 2.24) is 10.2 Å². The van der Waals surface area contributed by atoms with E-state index in [1.807, 2.05) is 0 Å². The number of piperidine rings is 1. The molecule has 0 bridgehead atoms. The fraction of sp³-hybridized carbons (Fsp3) is 1.00. The van der Waals surface area contributed by atoms with E-state index in [-0.39, 0.29) is 0 Å².